The molecule has 0 aliphatic heterocycles. The summed E-state index contributed by atoms with van der Waals surface area (Å²) in [6.45, 7) is -0.0442. The van der Waals surface area contributed by atoms with Gasteiger partial charge < -0.3 is 20.9 Å². The lowest BCUT2D eigenvalue weighted by Crippen LogP contribution is -2.22. The molecule has 0 heterocycles. The van der Waals surface area contributed by atoms with Crippen molar-refractivity contribution in [1.29, 1.82) is 0 Å². The molecule has 0 aliphatic carbocycles. The number of hydrogen-bond donors (Lipinski definition) is 3. The summed E-state index contributed by atoms with van der Waals surface area (Å²) >= 11 is 0. The first-order chi connectivity index (χ1) is 9.75. The fraction of sp³-hybridized carbons (Fsp3) is 0.333. The van der Waals surface area contributed by atoms with Crippen molar-refractivity contribution >= 4 is 17.6 Å². The van der Waals surface area contributed by atoms with Crippen LogP contribution in [0.3, 0.4) is 0 Å². The van der Waals surface area contributed by atoms with Crippen LogP contribution in [-0.4, -0.2) is 36.7 Å². The second-order valence-corrected chi connectivity index (χ2v) is 3.95. The summed E-state index contributed by atoms with van der Waals surface area (Å²) in [6.07, 6.45) is -4.67. The molecule has 1 amide bonds. The quantitative estimate of drug-likeness (QED) is 0.688. The van der Waals surface area contributed by atoms with Gasteiger partial charge in [-0.25, -0.2) is 4.79 Å². The van der Waals surface area contributed by atoms with E-state index in [4.69, 9.17) is 15.6 Å². The summed E-state index contributed by atoms with van der Waals surface area (Å²) < 4.78 is 42.4. The maximum atomic E-state index is 12.5. The van der Waals surface area contributed by atoms with Crippen LogP contribution in [0, 0.1) is 0 Å². The number of carbonyl (C=O) groups excluding carboxylic acids is 1. The molecule has 0 unspecified atom stereocenters. The number of hydrogen-bond acceptors (Lipinski definition) is 4. The predicted octanol–water partition coefficient (Wildman–Crippen LogP) is 1.32. The number of anilines is 1. The SMILES string of the molecule is NCCOCC(=O)Nc1ccc(C(F)(F)F)cc1C(=O)O. The number of amides is 1. The number of nitrogens with two attached hydrogens (primary N) is 1. The Labute approximate surface area is 117 Å². The highest BCUT2D eigenvalue weighted by Crippen LogP contribution is 2.31. The number of carboxylic acid groups (broad SMARTS) is 1. The molecule has 0 aliphatic rings. The highest BCUT2D eigenvalue weighted by atomic mass is 19.4. The van der Waals surface area contributed by atoms with Crippen molar-refractivity contribution in [3.8, 4) is 0 Å². The minimum atomic E-state index is -4.67. The fourth-order valence-corrected chi connectivity index (χ4v) is 1.44. The van der Waals surface area contributed by atoms with E-state index in [0.29, 0.717) is 12.1 Å². The number of carbonyl (C=O) groups is 2. The molecule has 0 saturated carbocycles. The first-order valence-corrected chi connectivity index (χ1v) is 5.78. The second kappa shape index (κ2) is 7.04. The van der Waals surface area contributed by atoms with Crippen molar-refractivity contribution < 1.29 is 32.6 Å². The van der Waals surface area contributed by atoms with Crippen molar-refractivity contribution in [2.24, 2.45) is 5.73 Å². The largest absolute Gasteiger partial charge is 0.478 e. The molecule has 1 aromatic rings. The average molecular weight is 306 g/mol. The van der Waals surface area contributed by atoms with E-state index in [1.807, 2.05) is 0 Å². The van der Waals surface area contributed by atoms with Gasteiger partial charge in [-0.2, -0.15) is 13.2 Å². The number of halogens is 3. The molecule has 21 heavy (non-hydrogen) atoms. The lowest BCUT2D eigenvalue weighted by molar-refractivity contribution is -0.137. The highest BCUT2D eigenvalue weighted by Gasteiger charge is 2.32. The van der Waals surface area contributed by atoms with Crippen molar-refractivity contribution in [1.82, 2.24) is 0 Å². The summed E-state index contributed by atoms with van der Waals surface area (Å²) in [5, 5.41) is 11.1. The maximum Gasteiger partial charge on any atom is 0.416 e. The van der Waals surface area contributed by atoms with E-state index in [0.717, 1.165) is 6.07 Å². The smallest absolute Gasteiger partial charge is 0.416 e. The average Bonchev–Trinajstić information content (AvgIpc) is 2.37. The molecular weight excluding hydrogens is 293 g/mol. The van der Waals surface area contributed by atoms with Crippen LogP contribution in [0.4, 0.5) is 18.9 Å². The summed E-state index contributed by atoms with van der Waals surface area (Å²) in [5.74, 6) is -2.27. The third kappa shape index (κ3) is 5.04. The monoisotopic (exact) mass is 306 g/mol. The summed E-state index contributed by atoms with van der Waals surface area (Å²) in [7, 11) is 0. The van der Waals surface area contributed by atoms with E-state index < -0.39 is 29.2 Å². The number of benzene rings is 1. The molecule has 0 saturated heterocycles. The van der Waals surface area contributed by atoms with Crippen molar-refractivity contribution in [3.05, 3.63) is 29.3 Å². The minimum absolute atomic E-state index is 0.131. The van der Waals surface area contributed by atoms with E-state index in [2.05, 4.69) is 5.32 Å². The third-order valence-electron chi connectivity index (χ3n) is 2.35. The fourth-order valence-electron chi connectivity index (χ4n) is 1.44. The lowest BCUT2D eigenvalue weighted by Gasteiger charge is -2.12. The zero-order valence-electron chi connectivity index (χ0n) is 10.7. The number of rotatable bonds is 6. The Kier molecular flexibility index (Phi) is 5.68. The molecule has 0 fully saturated rings. The third-order valence-corrected chi connectivity index (χ3v) is 2.35. The molecule has 0 bridgehead atoms. The van der Waals surface area contributed by atoms with Gasteiger partial charge in [0.2, 0.25) is 5.91 Å². The molecule has 0 atom stereocenters. The molecule has 4 N–H and O–H groups in total. The van der Waals surface area contributed by atoms with E-state index in [9.17, 15) is 22.8 Å². The molecule has 0 spiro atoms. The Morgan fingerprint density at radius 3 is 2.52 bits per heavy atom. The van der Waals surface area contributed by atoms with Crippen LogP contribution in [0.15, 0.2) is 18.2 Å². The molecule has 6 nitrogen and oxygen atoms in total. The maximum absolute atomic E-state index is 12.5. The number of ether oxygens (including phenoxy) is 1. The summed E-state index contributed by atoms with van der Waals surface area (Å²) in [6, 6.07) is 2.02. The Bertz CT molecular complexity index is 532. The van der Waals surface area contributed by atoms with Crippen LogP contribution in [0.25, 0.3) is 0 Å². The summed E-state index contributed by atoms with van der Waals surface area (Å²) in [5.41, 5.74) is 3.14. The van der Waals surface area contributed by atoms with Crippen LogP contribution in [-0.2, 0) is 15.7 Å². The number of aromatic carboxylic acids is 1. The number of carboxylic acids is 1. The van der Waals surface area contributed by atoms with E-state index in [1.165, 1.54) is 0 Å². The van der Waals surface area contributed by atoms with Gasteiger partial charge in [-0.1, -0.05) is 0 Å². The van der Waals surface area contributed by atoms with Crippen LogP contribution in [0.2, 0.25) is 0 Å². The normalized spacial score (nSPS) is 11.2. The Morgan fingerprint density at radius 2 is 2.00 bits per heavy atom. The van der Waals surface area contributed by atoms with Gasteiger partial charge in [0, 0.05) is 6.54 Å². The van der Waals surface area contributed by atoms with Gasteiger partial charge >= 0.3 is 12.1 Å². The van der Waals surface area contributed by atoms with Crippen LogP contribution < -0.4 is 11.1 Å². The van der Waals surface area contributed by atoms with E-state index >= 15 is 0 Å². The topological polar surface area (TPSA) is 102 Å². The zero-order valence-corrected chi connectivity index (χ0v) is 10.7. The molecular formula is C12H13F3N2O4. The van der Waals surface area contributed by atoms with Crippen LogP contribution >= 0.6 is 0 Å². The highest BCUT2D eigenvalue weighted by molar-refractivity contribution is 6.01. The Hall–Kier alpha value is -2.13. The molecule has 0 radical (unpaired) electrons. The lowest BCUT2D eigenvalue weighted by atomic mass is 10.1. The van der Waals surface area contributed by atoms with Gasteiger partial charge in [-0.05, 0) is 18.2 Å². The van der Waals surface area contributed by atoms with Crippen LogP contribution in [0.5, 0.6) is 0 Å². The van der Waals surface area contributed by atoms with E-state index in [1.54, 1.807) is 0 Å². The Balaban J connectivity index is 2.92. The molecule has 0 aromatic heterocycles. The van der Waals surface area contributed by atoms with Gasteiger partial charge in [0.15, 0.2) is 0 Å². The molecule has 116 valence electrons. The summed E-state index contributed by atoms with van der Waals surface area (Å²) in [4.78, 5) is 22.4. The number of alkyl halides is 3. The van der Waals surface area contributed by atoms with Gasteiger partial charge in [0.1, 0.15) is 6.61 Å². The van der Waals surface area contributed by atoms with Crippen molar-refractivity contribution in [2.45, 2.75) is 6.18 Å². The second-order valence-electron chi connectivity index (χ2n) is 3.95. The van der Waals surface area contributed by atoms with Gasteiger partial charge in [0.05, 0.1) is 23.4 Å². The van der Waals surface area contributed by atoms with Gasteiger partial charge in [0.25, 0.3) is 0 Å². The van der Waals surface area contributed by atoms with Crippen LogP contribution in [0.1, 0.15) is 15.9 Å². The van der Waals surface area contributed by atoms with Crippen molar-refractivity contribution in [2.75, 3.05) is 25.1 Å². The molecule has 1 aromatic carbocycles. The Morgan fingerprint density at radius 1 is 1.33 bits per heavy atom. The molecule has 1 rings (SSSR count). The van der Waals surface area contributed by atoms with Gasteiger partial charge in [-0.15, -0.1) is 0 Å². The van der Waals surface area contributed by atoms with Gasteiger partial charge in [-0.3, -0.25) is 4.79 Å². The minimum Gasteiger partial charge on any atom is -0.478 e. The standard InChI is InChI=1S/C12H13F3N2O4/c13-12(14,15)7-1-2-9(8(5-7)11(19)20)17-10(18)6-21-4-3-16/h1-2,5H,3-4,6,16H2,(H,17,18)(H,19,20). The first kappa shape index (κ1) is 16.9. The molecule has 9 heteroatoms. The number of nitrogens with one attached hydrogen (secondary N) is 1. The zero-order chi connectivity index (χ0) is 16.0. The van der Waals surface area contributed by atoms with Crippen molar-refractivity contribution in [3.63, 3.8) is 0 Å². The first-order valence-electron chi connectivity index (χ1n) is 5.78. The van der Waals surface area contributed by atoms with E-state index in [-0.39, 0.29) is 25.4 Å². The predicted molar refractivity (Wildman–Crippen MR) is 66.9 cm³/mol.